The van der Waals surface area contributed by atoms with Gasteiger partial charge in [-0.25, -0.2) is 0 Å². The van der Waals surface area contributed by atoms with Crippen molar-refractivity contribution in [2.75, 3.05) is 5.32 Å². The van der Waals surface area contributed by atoms with E-state index in [4.69, 9.17) is 35.4 Å². The van der Waals surface area contributed by atoms with Crippen molar-refractivity contribution in [1.29, 1.82) is 0 Å². The average molecular weight is 537 g/mol. The minimum Gasteiger partial charge on any atom is -0.360 e. The van der Waals surface area contributed by atoms with Crippen molar-refractivity contribution < 1.29 is 19.2 Å². The number of thiocarbonyl (C=S) groups is 1. The summed E-state index contributed by atoms with van der Waals surface area (Å²) in [5.74, 6) is -2.33. The Morgan fingerprint density at radius 1 is 1.00 bits per heavy atom. The third-order valence-electron chi connectivity index (χ3n) is 4.84. The quantitative estimate of drug-likeness (QED) is 0.111. The van der Waals surface area contributed by atoms with Gasteiger partial charge in [0.05, 0.1) is 10.8 Å². The van der Waals surface area contributed by atoms with E-state index < -0.39 is 38.9 Å². The molecule has 0 aliphatic heterocycles. The monoisotopic (exact) mass is 536 g/mol. The molecule has 1 atom stereocenters. The number of benzene rings is 3. The fraction of sp³-hybridized carbons (Fsp3) is 0.130. The summed E-state index contributed by atoms with van der Waals surface area (Å²) in [6.45, 7) is 0. The number of nitrogens with zero attached hydrogens (tertiary/aromatic N) is 1. The normalized spacial score (nSPS) is 12.0. The van der Waals surface area contributed by atoms with Crippen LogP contribution in [0.3, 0.4) is 0 Å². The first-order chi connectivity index (χ1) is 16.6. The van der Waals surface area contributed by atoms with Crippen molar-refractivity contribution in [2.45, 2.75) is 16.6 Å². The highest BCUT2D eigenvalue weighted by molar-refractivity contribution is 7.80. The van der Waals surface area contributed by atoms with Gasteiger partial charge in [-0.05, 0) is 35.5 Å². The van der Waals surface area contributed by atoms with Crippen LogP contribution in [0.1, 0.15) is 17.0 Å². The predicted molar refractivity (Wildman–Crippen MR) is 136 cm³/mol. The van der Waals surface area contributed by atoms with E-state index in [0.29, 0.717) is 11.1 Å². The Balaban J connectivity index is 1.80. The zero-order valence-electron chi connectivity index (χ0n) is 17.8. The zero-order chi connectivity index (χ0) is 25.6. The number of hydrogen-bond acceptors (Lipinski definition) is 5. The summed E-state index contributed by atoms with van der Waals surface area (Å²) >= 11 is 16.9. The molecule has 0 saturated carbocycles. The first-order valence-corrected chi connectivity index (χ1v) is 11.2. The molecule has 0 spiro atoms. The number of nitro benzene ring substituents is 1. The molecule has 0 fully saturated rings. The van der Waals surface area contributed by atoms with E-state index in [1.807, 2.05) is 12.1 Å². The molecule has 3 aromatic carbocycles. The number of amides is 1. The molecule has 4 N–H and O–H groups in total. The Morgan fingerprint density at radius 2 is 1.54 bits per heavy atom. The molecule has 35 heavy (non-hydrogen) atoms. The lowest BCUT2D eigenvalue weighted by Gasteiger charge is -2.30. The second-order valence-electron chi connectivity index (χ2n) is 7.31. The van der Waals surface area contributed by atoms with Crippen LogP contribution >= 0.6 is 35.4 Å². The Hall–Kier alpha value is -3.31. The summed E-state index contributed by atoms with van der Waals surface area (Å²) in [5, 5.41) is 28.7. The standard InChI is InChI=1S/C23H19Cl2FN4O4S/c24-23(25,32)21(29-22(35)27-16-11-12-17(26)18(13-16)30(33)34)28-20(31)19(14-7-3-1-4-8-14)15-9-5-2-6-10-15/h1-13,19,21,32H,(H,28,31)(H2,27,29,35). The Morgan fingerprint density at radius 3 is 2.03 bits per heavy atom. The molecule has 0 bridgehead atoms. The van der Waals surface area contributed by atoms with Gasteiger partial charge in [-0.2, -0.15) is 4.39 Å². The summed E-state index contributed by atoms with van der Waals surface area (Å²) in [7, 11) is 0. The predicted octanol–water partition coefficient (Wildman–Crippen LogP) is 4.42. The van der Waals surface area contributed by atoms with Gasteiger partial charge in [0.15, 0.2) is 11.3 Å². The summed E-state index contributed by atoms with van der Waals surface area (Å²) in [6.07, 6.45) is -1.50. The van der Waals surface area contributed by atoms with Gasteiger partial charge in [-0.15, -0.1) is 0 Å². The van der Waals surface area contributed by atoms with Gasteiger partial charge < -0.3 is 21.1 Å². The van der Waals surface area contributed by atoms with Crippen LogP contribution in [0.15, 0.2) is 78.9 Å². The van der Waals surface area contributed by atoms with Crippen molar-refractivity contribution in [3.63, 3.8) is 0 Å². The molecule has 8 nitrogen and oxygen atoms in total. The lowest BCUT2D eigenvalue weighted by molar-refractivity contribution is -0.387. The zero-order valence-corrected chi connectivity index (χ0v) is 20.1. The number of nitro groups is 1. The Kier molecular flexibility index (Phi) is 8.57. The summed E-state index contributed by atoms with van der Waals surface area (Å²) in [4.78, 5) is 23.4. The van der Waals surface area contributed by atoms with Gasteiger partial charge in [0.2, 0.25) is 11.7 Å². The van der Waals surface area contributed by atoms with E-state index in [0.717, 1.165) is 12.1 Å². The molecule has 3 rings (SSSR count). The number of carbonyl (C=O) groups excluding carboxylic acids is 1. The molecule has 12 heteroatoms. The van der Waals surface area contributed by atoms with Crippen molar-refractivity contribution in [1.82, 2.24) is 10.6 Å². The van der Waals surface area contributed by atoms with Gasteiger partial charge in [-0.3, -0.25) is 14.9 Å². The van der Waals surface area contributed by atoms with E-state index in [-0.39, 0.29) is 10.8 Å². The lowest BCUT2D eigenvalue weighted by Crippen LogP contribution is -2.58. The molecule has 0 aliphatic rings. The third-order valence-corrected chi connectivity index (χ3v) is 5.49. The molecule has 1 unspecified atom stereocenters. The maximum Gasteiger partial charge on any atom is 0.306 e. The molecule has 1 amide bonds. The number of hydrogen-bond donors (Lipinski definition) is 4. The largest absolute Gasteiger partial charge is 0.360 e. The average Bonchev–Trinajstić information content (AvgIpc) is 2.80. The molecular formula is C23H19Cl2FN4O4S. The highest BCUT2D eigenvalue weighted by Crippen LogP contribution is 2.27. The highest BCUT2D eigenvalue weighted by Gasteiger charge is 2.36. The first-order valence-electron chi connectivity index (χ1n) is 10.1. The molecule has 0 aromatic heterocycles. The SMILES string of the molecule is O=C(NC(NC(=S)Nc1ccc(F)c([N+](=O)[O-])c1)C(O)(Cl)Cl)C(c1ccccc1)c1ccccc1. The summed E-state index contributed by atoms with van der Waals surface area (Å²) in [6, 6.07) is 20.9. The molecule has 0 saturated heterocycles. The topological polar surface area (TPSA) is 117 Å². The van der Waals surface area contributed by atoms with Gasteiger partial charge >= 0.3 is 5.69 Å². The fourth-order valence-corrected chi connectivity index (χ4v) is 3.70. The van der Waals surface area contributed by atoms with Crippen molar-refractivity contribution in [3.05, 3.63) is 106 Å². The van der Waals surface area contributed by atoms with Gasteiger partial charge in [0.25, 0.3) is 4.52 Å². The first kappa shape index (κ1) is 26.3. The second kappa shape index (κ2) is 11.4. The Labute approximate surface area is 215 Å². The van der Waals surface area contributed by atoms with E-state index >= 15 is 0 Å². The molecule has 0 heterocycles. The Bertz CT molecular complexity index is 1170. The van der Waals surface area contributed by atoms with Gasteiger partial charge in [0, 0.05) is 11.8 Å². The summed E-state index contributed by atoms with van der Waals surface area (Å²) < 4.78 is 11.1. The van der Waals surface area contributed by atoms with Crippen molar-refractivity contribution in [2.24, 2.45) is 0 Å². The summed E-state index contributed by atoms with van der Waals surface area (Å²) in [5.41, 5.74) is 0.686. The number of alkyl halides is 2. The maximum absolute atomic E-state index is 13.6. The van der Waals surface area contributed by atoms with E-state index in [1.165, 1.54) is 6.07 Å². The van der Waals surface area contributed by atoms with Crippen LogP contribution in [0.25, 0.3) is 0 Å². The molecule has 0 radical (unpaired) electrons. The van der Waals surface area contributed by atoms with Crippen LogP contribution in [0.2, 0.25) is 0 Å². The smallest absolute Gasteiger partial charge is 0.306 e. The fourth-order valence-electron chi connectivity index (χ4n) is 3.25. The number of aliphatic hydroxyl groups is 1. The molecular weight excluding hydrogens is 518 g/mol. The van der Waals surface area contributed by atoms with Crippen LogP contribution in [0, 0.1) is 15.9 Å². The second-order valence-corrected chi connectivity index (χ2v) is 9.06. The van der Waals surface area contributed by atoms with Crippen molar-refractivity contribution in [3.8, 4) is 0 Å². The number of halogens is 3. The van der Waals surface area contributed by atoms with E-state index in [2.05, 4.69) is 16.0 Å². The lowest BCUT2D eigenvalue weighted by atomic mass is 9.90. The van der Waals surface area contributed by atoms with Crippen LogP contribution in [0.4, 0.5) is 15.8 Å². The van der Waals surface area contributed by atoms with Gasteiger partial charge in [-0.1, -0.05) is 83.9 Å². The van der Waals surface area contributed by atoms with Crippen LogP contribution in [-0.4, -0.2) is 31.7 Å². The number of anilines is 1. The molecule has 182 valence electrons. The number of carbonyl (C=O) groups is 1. The maximum atomic E-state index is 13.6. The van der Waals surface area contributed by atoms with E-state index in [1.54, 1.807) is 48.5 Å². The van der Waals surface area contributed by atoms with Crippen LogP contribution in [0.5, 0.6) is 0 Å². The highest BCUT2D eigenvalue weighted by atomic mass is 35.5. The minimum absolute atomic E-state index is 0.0832. The van der Waals surface area contributed by atoms with Crippen molar-refractivity contribution >= 4 is 57.8 Å². The van der Waals surface area contributed by atoms with Crippen LogP contribution < -0.4 is 16.0 Å². The van der Waals surface area contributed by atoms with E-state index in [9.17, 15) is 24.4 Å². The van der Waals surface area contributed by atoms with Gasteiger partial charge in [0.1, 0.15) is 0 Å². The molecule has 3 aromatic rings. The number of rotatable bonds is 8. The number of nitrogens with one attached hydrogen (secondary N) is 3. The molecule has 0 aliphatic carbocycles. The minimum atomic E-state index is -2.51. The van der Waals surface area contributed by atoms with Crippen LogP contribution in [-0.2, 0) is 4.79 Å². The third kappa shape index (κ3) is 7.09.